The molecule has 26 aromatic rings. The van der Waals surface area contributed by atoms with E-state index in [1.807, 2.05) is 46.9 Å². The maximum absolute atomic E-state index is 6.31. The zero-order valence-electron chi connectivity index (χ0n) is 61.8. The van der Waals surface area contributed by atoms with E-state index in [0.717, 1.165) is 76.8 Å². The van der Waals surface area contributed by atoms with Crippen LogP contribution in [0, 0.1) is 0 Å². The molecule has 0 fully saturated rings. The highest BCUT2D eigenvalue weighted by Gasteiger charge is 2.22. The van der Waals surface area contributed by atoms with Crippen LogP contribution in [-0.4, -0.2) is 0 Å². The summed E-state index contributed by atoms with van der Waals surface area (Å²) >= 11 is 7.36. The van der Waals surface area contributed by atoms with E-state index in [1.165, 1.54) is 170 Å². The van der Waals surface area contributed by atoms with Crippen LogP contribution < -0.4 is 10.2 Å². The minimum absolute atomic E-state index is 0.892. The number of benzene rings is 22. The van der Waals surface area contributed by atoms with Crippen LogP contribution in [-0.2, 0) is 0 Å². The van der Waals surface area contributed by atoms with Gasteiger partial charge in [0.25, 0.3) is 0 Å². The Morgan fingerprint density at radius 1 is 0.183 bits per heavy atom. The lowest BCUT2D eigenvalue weighted by atomic mass is 9.93. The number of thiophene rings is 2. The average Bonchev–Trinajstić information content (AvgIpc) is 1.68. The molecule has 4 heterocycles. The Hall–Kier alpha value is -13.9. The first-order valence-corrected chi connectivity index (χ1v) is 41.4. The van der Waals surface area contributed by atoms with Crippen molar-refractivity contribution in [3.8, 4) is 0 Å². The van der Waals surface area contributed by atoms with Gasteiger partial charge in [-0.05, 0) is 251 Å². The highest BCUT2D eigenvalue weighted by molar-refractivity contribution is 9.10. The fraction of sp³-hybridized carbons (Fsp3) is 0. The Bertz CT molecular complexity index is 8570. The second-order valence-electron chi connectivity index (χ2n) is 30.2. The molecule has 536 valence electrons. The van der Waals surface area contributed by atoms with Gasteiger partial charge in [-0.15, -0.1) is 22.7 Å². The molecule has 0 aliphatic heterocycles. The number of nitrogens with one attached hydrogen (secondary N) is 1. The summed E-state index contributed by atoms with van der Waals surface area (Å²) in [6.07, 6.45) is 0. The van der Waals surface area contributed by atoms with Gasteiger partial charge in [0.05, 0.1) is 0 Å². The van der Waals surface area contributed by atoms with Crippen molar-refractivity contribution in [1.82, 2.24) is 0 Å². The first kappa shape index (κ1) is 65.8. The molecule has 4 aromatic heterocycles. The average molecular weight is 1560 g/mol. The van der Waals surface area contributed by atoms with Crippen LogP contribution >= 0.6 is 38.6 Å². The summed E-state index contributed by atoms with van der Waals surface area (Å²) in [5.74, 6) is 0. The van der Waals surface area contributed by atoms with Crippen molar-refractivity contribution in [2.45, 2.75) is 0 Å². The normalized spacial score (nSPS) is 12.0. The Balaban J connectivity index is 0.000000110. The Kier molecular flexibility index (Phi) is 14.9. The lowest BCUT2D eigenvalue weighted by molar-refractivity contribution is 0.668. The van der Waals surface area contributed by atoms with Gasteiger partial charge in [-0.25, -0.2) is 0 Å². The van der Waals surface area contributed by atoms with E-state index in [4.69, 9.17) is 8.83 Å². The van der Waals surface area contributed by atoms with E-state index >= 15 is 0 Å². The van der Waals surface area contributed by atoms with E-state index in [-0.39, 0.29) is 0 Å². The summed E-state index contributed by atoms with van der Waals surface area (Å²) in [7, 11) is 0. The Morgan fingerprint density at radius 2 is 0.435 bits per heavy atom. The van der Waals surface area contributed by atoms with Gasteiger partial charge in [0, 0.05) is 94.8 Å². The van der Waals surface area contributed by atoms with Gasteiger partial charge in [0.15, 0.2) is 0 Å². The maximum atomic E-state index is 6.31. The summed E-state index contributed by atoms with van der Waals surface area (Å²) in [6.45, 7) is 0. The summed E-state index contributed by atoms with van der Waals surface area (Å²) < 4.78 is 18.7. The van der Waals surface area contributed by atoms with Crippen LogP contribution in [0.3, 0.4) is 0 Å². The van der Waals surface area contributed by atoms with E-state index in [9.17, 15) is 0 Å². The monoisotopic (exact) mass is 1560 g/mol. The summed E-state index contributed by atoms with van der Waals surface area (Å²) in [5, 5.41) is 44.5. The van der Waals surface area contributed by atoms with Crippen molar-refractivity contribution in [1.29, 1.82) is 0 Å². The molecule has 0 atom stereocenters. The van der Waals surface area contributed by atoms with Gasteiger partial charge in [0.2, 0.25) is 0 Å². The van der Waals surface area contributed by atoms with Crippen LogP contribution in [0.1, 0.15) is 0 Å². The number of para-hydroxylation sites is 2. The molecule has 0 saturated carbocycles. The van der Waals surface area contributed by atoms with E-state index < -0.39 is 0 Å². The third-order valence-corrected chi connectivity index (χ3v) is 26.6. The molecule has 0 bridgehead atoms. The SMILES string of the molecule is Brc1ccc2c(c1)sc1cc3c4ccccc4c4ccccc4c3cc12.c1ccc2c(c1)oc1ccc(N(c3ccc4c(c3)sc3cc5c6ccccc6c6ccccc6c5cc34)c3ccc4c5ccccc5c5ccccc5c4c3)cc12.c1ccc2c(c1)oc1ccc(Nc3ccc4c5ccccc5c5ccccc5c4c3)cc12. The zero-order chi connectivity index (χ0) is 75.5. The van der Waals surface area contributed by atoms with Gasteiger partial charge >= 0.3 is 0 Å². The molecule has 0 radical (unpaired) electrons. The van der Waals surface area contributed by atoms with Gasteiger partial charge in [-0.1, -0.05) is 271 Å². The molecule has 1 N–H and O–H groups in total. The van der Waals surface area contributed by atoms with Crippen molar-refractivity contribution >= 4 is 281 Å². The fourth-order valence-corrected chi connectivity index (χ4v) is 21.6. The number of anilines is 5. The number of hydrogen-bond acceptors (Lipinski definition) is 6. The smallest absolute Gasteiger partial charge is 0.135 e. The predicted octanol–water partition coefficient (Wildman–Crippen LogP) is 33.4. The lowest BCUT2D eigenvalue weighted by Gasteiger charge is -2.26. The Morgan fingerprint density at radius 3 is 0.861 bits per heavy atom. The molecule has 4 nitrogen and oxygen atoms in total. The molecule has 0 spiro atoms. The first-order valence-electron chi connectivity index (χ1n) is 39.0. The third-order valence-electron chi connectivity index (χ3n) is 23.9. The molecular formula is C108H63BrN2O2S2. The van der Waals surface area contributed by atoms with Crippen LogP contribution in [0.15, 0.2) is 389 Å². The second kappa shape index (κ2) is 26.1. The van der Waals surface area contributed by atoms with Crippen LogP contribution in [0.5, 0.6) is 0 Å². The minimum atomic E-state index is 0.892. The van der Waals surface area contributed by atoms with Gasteiger partial charge in [0.1, 0.15) is 22.3 Å². The van der Waals surface area contributed by atoms with E-state index in [2.05, 4.69) is 378 Å². The van der Waals surface area contributed by atoms with Crippen molar-refractivity contribution in [2.75, 3.05) is 10.2 Å². The molecule has 7 heteroatoms. The van der Waals surface area contributed by atoms with E-state index in [0.29, 0.717) is 0 Å². The second-order valence-corrected chi connectivity index (χ2v) is 33.3. The summed E-state index contributed by atoms with van der Waals surface area (Å²) in [4.78, 5) is 2.42. The molecule has 26 rings (SSSR count). The quantitative estimate of drug-likeness (QED) is 0.174. The van der Waals surface area contributed by atoms with Gasteiger partial charge < -0.3 is 19.1 Å². The topological polar surface area (TPSA) is 41.6 Å². The third kappa shape index (κ3) is 10.6. The number of nitrogens with zero attached hydrogens (tertiary/aromatic N) is 1. The summed E-state index contributed by atoms with van der Waals surface area (Å²) in [6, 6.07) is 137. The Labute approximate surface area is 674 Å². The molecule has 0 aliphatic carbocycles. The zero-order valence-corrected chi connectivity index (χ0v) is 65.0. The van der Waals surface area contributed by atoms with Gasteiger partial charge in [-0.3, -0.25) is 0 Å². The van der Waals surface area contributed by atoms with Gasteiger partial charge in [-0.2, -0.15) is 0 Å². The fourth-order valence-electron chi connectivity index (χ4n) is 18.7. The molecule has 0 amide bonds. The first-order chi connectivity index (χ1) is 56.9. The van der Waals surface area contributed by atoms with Crippen LogP contribution in [0.25, 0.3) is 213 Å². The molecule has 0 unspecified atom stereocenters. The van der Waals surface area contributed by atoms with Crippen LogP contribution in [0.4, 0.5) is 28.4 Å². The van der Waals surface area contributed by atoms with Crippen LogP contribution in [0.2, 0.25) is 0 Å². The molecule has 0 saturated heterocycles. The highest BCUT2D eigenvalue weighted by atomic mass is 79.9. The number of fused-ring (bicyclic) bond motifs is 36. The highest BCUT2D eigenvalue weighted by Crippen LogP contribution is 2.49. The largest absolute Gasteiger partial charge is 0.456 e. The van der Waals surface area contributed by atoms with E-state index in [1.54, 1.807) is 0 Å². The number of hydrogen-bond donors (Lipinski definition) is 1. The van der Waals surface area contributed by atoms with Crippen molar-refractivity contribution in [3.63, 3.8) is 0 Å². The molecular weight excluding hydrogens is 1500 g/mol. The number of furan rings is 2. The van der Waals surface area contributed by atoms with Crippen molar-refractivity contribution < 1.29 is 8.83 Å². The molecule has 0 aliphatic rings. The lowest BCUT2D eigenvalue weighted by Crippen LogP contribution is -2.09. The number of halogens is 1. The standard InChI is InChI=1S/C54H31NOS.C30H19NO.C24H13BrS/c1-2-15-39-35(11-1)36-12-3-6-16-40(36)46-27-32(21-24-43(39)46)55(33-23-26-52-49(28-33)44-19-9-10-20-51(44)56-52)34-22-25-45-50-30-47-41-17-7-4-13-37(41)38-14-5-8-18-42(38)48(47)31-54(50)57-53(45)29-34;1-2-9-23-21(7-1)22-8-3-4-10-24(22)27-17-19(13-15-25(23)27)31-20-14-16-30-28(18-20)26-11-5-6-12-29(26)32-30;25-14-9-10-19-22-12-20-17-7-3-1-5-15(17)16-6-2-4-8-18(16)21(20)13-24(22)26-23(19)11-14/h1-31H;1-18,31H;1-13H. The predicted molar refractivity (Wildman–Crippen MR) is 502 cm³/mol. The van der Waals surface area contributed by atoms with Crippen molar-refractivity contribution in [3.05, 3.63) is 381 Å². The van der Waals surface area contributed by atoms with Crippen molar-refractivity contribution in [2.24, 2.45) is 0 Å². The molecule has 22 aromatic carbocycles. The summed E-state index contributed by atoms with van der Waals surface area (Å²) in [5.41, 5.74) is 9.06. The minimum Gasteiger partial charge on any atom is -0.456 e. The number of rotatable bonds is 5. The maximum Gasteiger partial charge on any atom is 0.135 e. The molecule has 115 heavy (non-hydrogen) atoms.